The van der Waals surface area contributed by atoms with E-state index >= 15 is 0 Å². The quantitative estimate of drug-likeness (QED) is 0.565. The number of nitrogens with zero attached hydrogens (tertiary/aromatic N) is 3. The number of nitrogens with one attached hydrogen (secondary N) is 2. The molecule has 1 aliphatic carbocycles. The van der Waals surface area contributed by atoms with Gasteiger partial charge in [0, 0.05) is 46.8 Å². The highest BCUT2D eigenvalue weighted by molar-refractivity contribution is 5.85. The fourth-order valence-electron chi connectivity index (χ4n) is 4.25. The van der Waals surface area contributed by atoms with Crippen LogP contribution < -0.4 is 10.6 Å². The van der Waals surface area contributed by atoms with Crippen LogP contribution in [0.3, 0.4) is 0 Å². The van der Waals surface area contributed by atoms with Crippen LogP contribution in [0.5, 0.6) is 0 Å². The molecule has 0 aromatic heterocycles. The zero-order chi connectivity index (χ0) is 18.3. The lowest BCUT2D eigenvalue weighted by Gasteiger charge is -2.34. The molecule has 0 aromatic rings. The third-order valence-electron chi connectivity index (χ3n) is 5.71. The zero-order valence-corrected chi connectivity index (χ0v) is 16.6. The molecule has 1 amide bonds. The van der Waals surface area contributed by atoms with Gasteiger partial charge >= 0.3 is 0 Å². The van der Waals surface area contributed by atoms with Gasteiger partial charge in [0.2, 0.25) is 5.91 Å². The summed E-state index contributed by atoms with van der Waals surface area (Å²) in [5.41, 5.74) is -0.258. The Hall–Kier alpha value is -1.30. The summed E-state index contributed by atoms with van der Waals surface area (Å²) in [4.78, 5) is 21.3. The second-order valence-corrected chi connectivity index (χ2v) is 7.87. The molecule has 0 aromatic carbocycles. The van der Waals surface area contributed by atoms with E-state index in [9.17, 15) is 4.79 Å². The number of carbonyl (C=O) groups is 1. The van der Waals surface area contributed by atoms with Crippen molar-refractivity contribution in [3.8, 4) is 0 Å². The van der Waals surface area contributed by atoms with Gasteiger partial charge in [-0.1, -0.05) is 19.8 Å². The molecular formula is C19H37N5O. The van der Waals surface area contributed by atoms with Gasteiger partial charge in [-0.15, -0.1) is 0 Å². The molecule has 0 unspecified atom stereocenters. The third-order valence-corrected chi connectivity index (χ3v) is 5.71. The van der Waals surface area contributed by atoms with Crippen molar-refractivity contribution in [3.63, 3.8) is 0 Å². The van der Waals surface area contributed by atoms with E-state index in [0.717, 1.165) is 57.6 Å². The van der Waals surface area contributed by atoms with Gasteiger partial charge in [-0.3, -0.25) is 9.79 Å². The lowest BCUT2D eigenvalue weighted by Crippen LogP contribution is -2.52. The van der Waals surface area contributed by atoms with Crippen molar-refractivity contribution in [2.75, 3.05) is 47.3 Å². The molecule has 2 N–H and O–H groups in total. The summed E-state index contributed by atoms with van der Waals surface area (Å²) < 4.78 is 0. The number of hydrogen-bond acceptors (Lipinski definition) is 3. The Balaban J connectivity index is 1.84. The summed E-state index contributed by atoms with van der Waals surface area (Å²) in [6.45, 7) is 6.44. The SMILES string of the molecule is CCCN1CCC(NC(=NC)NCC2(C(=O)N(C)C)CCCC2)CC1. The summed E-state index contributed by atoms with van der Waals surface area (Å²) in [5.74, 6) is 1.09. The molecule has 6 heteroatoms. The molecular weight excluding hydrogens is 314 g/mol. The van der Waals surface area contributed by atoms with Crippen molar-refractivity contribution in [1.29, 1.82) is 0 Å². The minimum Gasteiger partial charge on any atom is -0.355 e. The van der Waals surface area contributed by atoms with Crippen LogP contribution >= 0.6 is 0 Å². The van der Waals surface area contributed by atoms with Crippen molar-refractivity contribution >= 4 is 11.9 Å². The molecule has 25 heavy (non-hydrogen) atoms. The van der Waals surface area contributed by atoms with E-state index in [1.165, 1.54) is 13.0 Å². The van der Waals surface area contributed by atoms with Crippen LogP contribution in [-0.2, 0) is 4.79 Å². The molecule has 2 rings (SSSR count). The molecule has 0 radical (unpaired) electrons. The summed E-state index contributed by atoms with van der Waals surface area (Å²) in [7, 11) is 5.54. The van der Waals surface area contributed by atoms with Gasteiger partial charge in [0.05, 0.1) is 5.41 Å². The van der Waals surface area contributed by atoms with Gasteiger partial charge in [0.15, 0.2) is 5.96 Å². The lowest BCUT2D eigenvalue weighted by atomic mass is 9.84. The average Bonchev–Trinajstić information content (AvgIpc) is 3.09. The Labute approximate surface area is 153 Å². The van der Waals surface area contributed by atoms with E-state index in [1.54, 1.807) is 4.90 Å². The van der Waals surface area contributed by atoms with Crippen LogP contribution in [-0.4, -0.2) is 75.0 Å². The zero-order valence-electron chi connectivity index (χ0n) is 16.6. The van der Waals surface area contributed by atoms with Gasteiger partial charge in [-0.2, -0.15) is 0 Å². The fourth-order valence-corrected chi connectivity index (χ4v) is 4.25. The molecule has 6 nitrogen and oxygen atoms in total. The highest BCUT2D eigenvalue weighted by Crippen LogP contribution is 2.38. The van der Waals surface area contributed by atoms with Gasteiger partial charge in [-0.25, -0.2) is 0 Å². The number of rotatable bonds is 6. The highest BCUT2D eigenvalue weighted by atomic mass is 16.2. The van der Waals surface area contributed by atoms with Crippen LogP contribution in [0, 0.1) is 5.41 Å². The minimum absolute atomic E-state index is 0.251. The number of piperidine rings is 1. The number of aliphatic imine (C=N–C) groups is 1. The van der Waals surface area contributed by atoms with Crippen molar-refractivity contribution < 1.29 is 4.79 Å². The summed E-state index contributed by atoms with van der Waals surface area (Å²) >= 11 is 0. The van der Waals surface area contributed by atoms with Crippen molar-refractivity contribution in [2.45, 2.75) is 57.9 Å². The number of likely N-dealkylation sites (tertiary alicyclic amines) is 1. The smallest absolute Gasteiger partial charge is 0.230 e. The van der Waals surface area contributed by atoms with Gasteiger partial charge in [0.25, 0.3) is 0 Å². The van der Waals surface area contributed by atoms with E-state index in [4.69, 9.17) is 0 Å². The molecule has 0 bridgehead atoms. The minimum atomic E-state index is -0.258. The predicted octanol–water partition coefficient (Wildman–Crippen LogP) is 1.67. The Morgan fingerprint density at radius 1 is 1.24 bits per heavy atom. The predicted molar refractivity (Wildman–Crippen MR) is 104 cm³/mol. The first-order valence-corrected chi connectivity index (χ1v) is 9.92. The average molecular weight is 352 g/mol. The van der Waals surface area contributed by atoms with E-state index in [0.29, 0.717) is 12.6 Å². The Kier molecular flexibility index (Phi) is 7.54. The van der Waals surface area contributed by atoms with Gasteiger partial charge in [0.1, 0.15) is 0 Å². The van der Waals surface area contributed by atoms with Gasteiger partial charge < -0.3 is 20.4 Å². The number of hydrogen-bond donors (Lipinski definition) is 2. The largest absolute Gasteiger partial charge is 0.355 e. The van der Waals surface area contributed by atoms with Crippen molar-refractivity contribution in [3.05, 3.63) is 0 Å². The van der Waals surface area contributed by atoms with Crippen LogP contribution in [0.25, 0.3) is 0 Å². The molecule has 1 saturated heterocycles. The molecule has 2 aliphatic rings. The first kappa shape index (κ1) is 20.0. The maximum Gasteiger partial charge on any atom is 0.230 e. The van der Waals surface area contributed by atoms with E-state index in [1.807, 2.05) is 21.1 Å². The first-order valence-electron chi connectivity index (χ1n) is 9.92. The highest BCUT2D eigenvalue weighted by Gasteiger charge is 2.42. The first-order chi connectivity index (χ1) is 12.0. The molecule has 1 saturated carbocycles. The van der Waals surface area contributed by atoms with Crippen LogP contribution in [0.1, 0.15) is 51.9 Å². The van der Waals surface area contributed by atoms with E-state index in [2.05, 4.69) is 27.4 Å². The Morgan fingerprint density at radius 3 is 2.40 bits per heavy atom. The molecule has 144 valence electrons. The molecule has 1 aliphatic heterocycles. The summed E-state index contributed by atoms with van der Waals surface area (Å²) in [5, 5.41) is 7.01. The normalized spacial score (nSPS) is 22.0. The maximum atomic E-state index is 12.7. The maximum absolute atomic E-state index is 12.7. The van der Waals surface area contributed by atoms with Crippen molar-refractivity contribution in [2.24, 2.45) is 10.4 Å². The van der Waals surface area contributed by atoms with E-state index < -0.39 is 0 Å². The Bertz CT molecular complexity index is 449. The number of guanidine groups is 1. The summed E-state index contributed by atoms with van der Waals surface area (Å²) in [6, 6.07) is 0.475. The molecule has 1 heterocycles. The van der Waals surface area contributed by atoms with Crippen LogP contribution in [0.2, 0.25) is 0 Å². The lowest BCUT2D eigenvalue weighted by molar-refractivity contribution is -0.138. The second kappa shape index (κ2) is 9.41. The van der Waals surface area contributed by atoms with Crippen LogP contribution in [0.4, 0.5) is 0 Å². The van der Waals surface area contributed by atoms with Crippen molar-refractivity contribution in [1.82, 2.24) is 20.4 Å². The standard InChI is InChI=1S/C19H37N5O/c1-5-12-24-13-8-16(9-14-24)22-18(20-2)21-15-19(10-6-7-11-19)17(25)23(3)4/h16H,5-15H2,1-4H3,(H2,20,21,22). The monoisotopic (exact) mass is 351 g/mol. The fraction of sp³-hybridized carbons (Fsp3) is 0.895. The van der Waals surface area contributed by atoms with Gasteiger partial charge in [-0.05, 0) is 38.6 Å². The Morgan fingerprint density at radius 2 is 1.88 bits per heavy atom. The second-order valence-electron chi connectivity index (χ2n) is 7.87. The number of amides is 1. The summed E-state index contributed by atoms with van der Waals surface area (Å²) in [6.07, 6.45) is 7.77. The molecule has 2 fully saturated rings. The van der Waals surface area contributed by atoms with Crippen LogP contribution in [0.15, 0.2) is 4.99 Å². The van der Waals surface area contributed by atoms with E-state index in [-0.39, 0.29) is 11.3 Å². The topological polar surface area (TPSA) is 60.0 Å². The number of carbonyl (C=O) groups excluding carboxylic acids is 1. The molecule has 0 spiro atoms. The third kappa shape index (κ3) is 5.33. The molecule has 0 atom stereocenters.